The van der Waals surface area contributed by atoms with Gasteiger partial charge in [-0.3, -0.25) is 19.7 Å². The summed E-state index contributed by atoms with van der Waals surface area (Å²) in [6, 6.07) is 15.9. The lowest BCUT2D eigenvalue weighted by molar-refractivity contribution is -0.384. The molecule has 3 aliphatic rings. The first-order valence-electron chi connectivity index (χ1n) is 12.6. The lowest BCUT2D eigenvalue weighted by Gasteiger charge is -2.13. The predicted molar refractivity (Wildman–Crippen MR) is 140 cm³/mol. The molecule has 4 atom stereocenters. The van der Waals surface area contributed by atoms with Gasteiger partial charge >= 0.3 is 0 Å². The zero-order chi connectivity index (χ0) is 26.6. The molecule has 38 heavy (non-hydrogen) atoms. The van der Waals surface area contributed by atoms with Crippen LogP contribution < -0.4 is 4.74 Å². The van der Waals surface area contributed by atoms with Crippen LogP contribution in [-0.2, 0) is 16.2 Å². The van der Waals surface area contributed by atoms with Crippen molar-refractivity contribution in [3.8, 4) is 11.4 Å². The monoisotopic (exact) mass is 510 g/mol. The third-order valence-corrected chi connectivity index (χ3v) is 7.85. The largest absolute Gasteiger partial charge is 0.489 e. The van der Waals surface area contributed by atoms with Gasteiger partial charge in [-0.15, -0.1) is 0 Å². The molecule has 192 valence electrons. The maximum Gasteiger partial charge on any atom is 0.269 e. The highest BCUT2D eigenvalue weighted by Crippen LogP contribution is 2.52. The molecule has 9 heteroatoms. The van der Waals surface area contributed by atoms with Crippen molar-refractivity contribution in [2.45, 2.75) is 26.9 Å². The van der Waals surface area contributed by atoms with Crippen LogP contribution in [0.3, 0.4) is 0 Å². The number of ether oxygens (including phenoxy) is 1. The number of aryl methyl sites for hydroxylation is 1. The van der Waals surface area contributed by atoms with Crippen molar-refractivity contribution in [3.05, 3.63) is 99.4 Å². The van der Waals surface area contributed by atoms with Crippen molar-refractivity contribution >= 4 is 23.7 Å². The molecule has 2 fully saturated rings. The summed E-state index contributed by atoms with van der Waals surface area (Å²) in [7, 11) is 0. The van der Waals surface area contributed by atoms with E-state index in [-0.39, 0.29) is 47.8 Å². The fourth-order valence-electron chi connectivity index (χ4n) is 6.05. The number of carbonyl (C=O) groups is 2. The molecule has 6 rings (SSSR count). The lowest BCUT2D eigenvalue weighted by atomic mass is 9.85. The zero-order valence-electron chi connectivity index (χ0n) is 21.0. The number of hydrogen-bond donors (Lipinski definition) is 0. The smallest absolute Gasteiger partial charge is 0.269 e. The van der Waals surface area contributed by atoms with E-state index in [0.717, 1.165) is 34.1 Å². The average Bonchev–Trinajstić information content (AvgIpc) is 3.66. The second kappa shape index (κ2) is 9.09. The Morgan fingerprint density at radius 1 is 1.03 bits per heavy atom. The van der Waals surface area contributed by atoms with Crippen LogP contribution in [-0.4, -0.2) is 32.5 Å². The molecule has 2 heterocycles. The van der Waals surface area contributed by atoms with E-state index in [0.29, 0.717) is 11.3 Å². The molecule has 3 aromatic rings. The normalized spacial score (nSPS) is 23.6. The Balaban J connectivity index is 1.16. The Kier molecular flexibility index (Phi) is 5.71. The van der Waals surface area contributed by atoms with Gasteiger partial charge in [-0.05, 0) is 68.0 Å². The van der Waals surface area contributed by atoms with Crippen LogP contribution in [0.1, 0.15) is 28.9 Å². The number of hydrazone groups is 1. The molecule has 2 amide bonds. The maximum atomic E-state index is 12.9. The number of fused-ring (bicyclic) bond motifs is 5. The highest BCUT2D eigenvalue weighted by molar-refractivity contribution is 6.06. The molecule has 9 nitrogen and oxygen atoms in total. The summed E-state index contributed by atoms with van der Waals surface area (Å²) < 4.78 is 7.89. The number of imide groups is 1. The quantitative estimate of drug-likeness (QED) is 0.150. The predicted octanol–water partition coefficient (Wildman–Crippen LogP) is 4.72. The van der Waals surface area contributed by atoms with Crippen LogP contribution >= 0.6 is 0 Å². The number of hydrogen-bond acceptors (Lipinski definition) is 6. The number of allylic oxidation sites excluding steroid dienone is 2. The Labute approximate surface area is 219 Å². The van der Waals surface area contributed by atoms with Crippen LogP contribution in [0.25, 0.3) is 5.69 Å². The van der Waals surface area contributed by atoms with Crippen molar-refractivity contribution in [1.82, 2.24) is 9.58 Å². The maximum absolute atomic E-state index is 12.9. The van der Waals surface area contributed by atoms with E-state index < -0.39 is 4.92 Å². The fourth-order valence-corrected chi connectivity index (χ4v) is 6.05. The second-order valence-electron chi connectivity index (χ2n) is 10.1. The Morgan fingerprint density at radius 2 is 1.71 bits per heavy atom. The lowest BCUT2D eigenvalue weighted by Crippen LogP contribution is -2.28. The standard InChI is InChI=1S/C29H26N4O5/c1-17-12-22(15-30-32-28(34)26-20-6-7-21(14-20)27(26)29(32)35)18(2)31(17)23-8-10-25(11-9-23)38-16-19-4-3-5-24(13-19)33(36)37/h3-13,15,20-21,26-27H,14,16H2,1-2H3/t20-,21-,26-,27+/m0/s1. The van der Waals surface area contributed by atoms with Gasteiger partial charge in [-0.1, -0.05) is 24.3 Å². The molecule has 0 N–H and O–H groups in total. The van der Waals surface area contributed by atoms with Gasteiger partial charge in [0.25, 0.3) is 17.5 Å². The molecule has 0 spiro atoms. The summed E-state index contributed by atoms with van der Waals surface area (Å²) in [5, 5.41) is 16.4. The Hall–Kier alpha value is -4.53. The summed E-state index contributed by atoms with van der Waals surface area (Å²) in [6.45, 7) is 4.17. The zero-order valence-corrected chi connectivity index (χ0v) is 21.0. The number of nitro groups is 1. The van der Waals surface area contributed by atoms with E-state index in [1.54, 1.807) is 18.3 Å². The first-order valence-corrected chi connectivity index (χ1v) is 12.6. The van der Waals surface area contributed by atoms with Gasteiger partial charge in [0.05, 0.1) is 23.0 Å². The van der Waals surface area contributed by atoms with Crippen molar-refractivity contribution in [2.75, 3.05) is 0 Å². The number of amides is 2. The molecule has 1 aromatic heterocycles. The van der Waals surface area contributed by atoms with E-state index in [1.807, 2.05) is 44.2 Å². The minimum absolute atomic E-state index is 0.0322. The molecule has 1 saturated heterocycles. The van der Waals surface area contributed by atoms with Gasteiger partial charge in [0.1, 0.15) is 12.4 Å². The summed E-state index contributed by atoms with van der Waals surface area (Å²) >= 11 is 0. The molecule has 0 unspecified atom stereocenters. The van der Waals surface area contributed by atoms with E-state index in [9.17, 15) is 19.7 Å². The fraction of sp³-hybridized carbons (Fsp3) is 0.276. The van der Waals surface area contributed by atoms with Gasteiger partial charge in [-0.25, -0.2) is 0 Å². The average molecular weight is 511 g/mol. The molecular weight excluding hydrogens is 484 g/mol. The van der Waals surface area contributed by atoms with Crippen molar-refractivity contribution < 1.29 is 19.2 Å². The van der Waals surface area contributed by atoms with Crippen LogP contribution in [0.15, 0.2) is 71.9 Å². The molecule has 1 aliphatic heterocycles. The van der Waals surface area contributed by atoms with Gasteiger partial charge < -0.3 is 9.30 Å². The van der Waals surface area contributed by atoms with Crippen molar-refractivity contribution in [3.63, 3.8) is 0 Å². The van der Waals surface area contributed by atoms with Crippen molar-refractivity contribution in [1.29, 1.82) is 0 Å². The summed E-state index contributed by atoms with van der Waals surface area (Å²) in [6.07, 6.45) is 6.63. The third kappa shape index (κ3) is 3.91. The van der Waals surface area contributed by atoms with Gasteiger partial charge in [-0.2, -0.15) is 10.1 Å². The number of benzene rings is 2. The van der Waals surface area contributed by atoms with Crippen LogP contribution in [0.2, 0.25) is 0 Å². The third-order valence-electron chi connectivity index (χ3n) is 7.85. The molecule has 0 radical (unpaired) electrons. The molecule has 2 bridgehead atoms. The number of rotatable bonds is 7. The minimum Gasteiger partial charge on any atom is -0.489 e. The highest BCUT2D eigenvalue weighted by atomic mass is 16.6. The second-order valence-corrected chi connectivity index (χ2v) is 10.1. The summed E-state index contributed by atoms with van der Waals surface area (Å²) in [5.74, 6) is 0.0455. The van der Waals surface area contributed by atoms with Crippen LogP contribution in [0.5, 0.6) is 5.75 Å². The first-order chi connectivity index (χ1) is 18.3. The highest BCUT2D eigenvalue weighted by Gasteiger charge is 2.59. The molecule has 1 saturated carbocycles. The number of aromatic nitrogens is 1. The van der Waals surface area contributed by atoms with Crippen LogP contribution in [0.4, 0.5) is 5.69 Å². The minimum atomic E-state index is -0.425. The van der Waals surface area contributed by atoms with Gasteiger partial charge in [0.15, 0.2) is 0 Å². The van der Waals surface area contributed by atoms with Crippen LogP contribution in [0, 0.1) is 47.6 Å². The molecular formula is C29H26N4O5. The summed E-state index contributed by atoms with van der Waals surface area (Å²) in [4.78, 5) is 36.4. The van der Waals surface area contributed by atoms with Gasteiger partial charge in [0.2, 0.25) is 0 Å². The first kappa shape index (κ1) is 23.8. The van der Waals surface area contributed by atoms with E-state index in [2.05, 4.69) is 21.8 Å². The number of carbonyl (C=O) groups excluding carboxylic acids is 2. The number of nitro benzene ring substituents is 1. The van der Waals surface area contributed by atoms with E-state index in [4.69, 9.17) is 4.74 Å². The topological polar surface area (TPSA) is 107 Å². The SMILES string of the molecule is Cc1cc(C=NN2C(=O)[C@@H]3[C@H](C2=O)[C@H]2C=C[C@H]3C2)c(C)n1-c1ccc(OCc2cccc([N+](=O)[O-])c2)cc1. The molecule has 2 aliphatic carbocycles. The summed E-state index contributed by atoms with van der Waals surface area (Å²) in [5.41, 5.74) is 4.40. The van der Waals surface area contributed by atoms with Gasteiger partial charge in [0, 0.05) is 34.8 Å². The Bertz CT molecular complexity index is 1490. The van der Waals surface area contributed by atoms with E-state index in [1.165, 1.54) is 12.1 Å². The molecule has 2 aromatic carbocycles. The van der Waals surface area contributed by atoms with E-state index >= 15 is 0 Å². The Morgan fingerprint density at radius 3 is 2.37 bits per heavy atom. The number of non-ortho nitro benzene ring substituents is 1. The number of nitrogens with zero attached hydrogens (tertiary/aromatic N) is 4. The van der Waals surface area contributed by atoms with Crippen molar-refractivity contribution in [2.24, 2.45) is 28.8 Å².